The van der Waals surface area contributed by atoms with Crippen LogP contribution in [0.15, 0.2) is 0 Å². The predicted octanol–water partition coefficient (Wildman–Crippen LogP) is 2.43. The van der Waals surface area contributed by atoms with Crippen molar-refractivity contribution in [1.82, 2.24) is 9.80 Å². The van der Waals surface area contributed by atoms with Crippen molar-refractivity contribution in [3.8, 4) is 0 Å². The molecule has 4 nitrogen and oxygen atoms in total. The molecule has 0 aromatic carbocycles. The van der Waals surface area contributed by atoms with Crippen LogP contribution in [0.3, 0.4) is 0 Å². The maximum atomic E-state index is 12.1. The van der Waals surface area contributed by atoms with E-state index >= 15 is 0 Å². The SMILES string of the molecule is CCC(=O)N1CCC[C@H]1[C@@H]1CCCN1CCOCC(F)(F)F. The van der Waals surface area contributed by atoms with Gasteiger partial charge in [-0.15, -0.1) is 0 Å². The number of nitrogens with zero attached hydrogens (tertiary/aromatic N) is 2. The summed E-state index contributed by atoms with van der Waals surface area (Å²) in [5, 5.41) is 0. The van der Waals surface area contributed by atoms with Gasteiger partial charge in [-0.3, -0.25) is 9.69 Å². The van der Waals surface area contributed by atoms with E-state index in [2.05, 4.69) is 4.90 Å². The predicted molar refractivity (Wildman–Crippen MR) is 76.5 cm³/mol. The highest BCUT2D eigenvalue weighted by atomic mass is 19.4. The van der Waals surface area contributed by atoms with Gasteiger partial charge in [-0.2, -0.15) is 13.2 Å². The zero-order chi connectivity index (χ0) is 16.2. The second-order valence-corrected chi connectivity index (χ2v) is 6.06. The molecule has 0 aliphatic carbocycles. The molecule has 2 aliphatic rings. The summed E-state index contributed by atoms with van der Waals surface area (Å²) in [6.07, 6.45) is 0.311. The Morgan fingerprint density at radius 3 is 2.55 bits per heavy atom. The molecule has 128 valence electrons. The van der Waals surface area contributed by atoms with Gasteiger partial charge in [0.2, 0.25) is 5.91 Å². The second-order valence-electron chi connectivity index (χ2n) is 6.06. The van der Waals surface area contributed by atoms with Crippen LogP contribution in [0.1, 0.15) is 39.0 Å². The van der Waals surface area contributed by atoms with E-state index < -0.39 is 12.8 Å². The third kappa shape index (κ3) is 4.59. The first-order valence-electron chi connectivity index (χ1n) is 8.10. The van der Waals surface area contributed by atoms with E-state index in [1.54, 1.807) is 0 Å². The van der Waals surface area contributed by atoms with E-state index in [4.69, 9.17) is 4.74 Å². The number of amides is 1. The van der Waals surface area contributed by atoms with Crippen LogP contribution >= 0.6 is 0 Å². The molecule has 2 aliphatic heterocycles. The molecule has 0 spiro atoms. The largest absolute Gasteiger partial charge is 0.411 e. The Kier molecular flexibility index (Phi) is 6.09. The summed E-state index contributed by atoms with van der Waals surface area (Å²) in [5.41, 5.74) is 0. The van der Waals surface area contributed by atoms with Crippen LogP contribution in [0.5, 0.6) is 0 Å². The van der Waals surface area contributed by atoms with Crippen LogP contribution in [-0.4, -0.2) is 66.8 Å². The number of alkyl halides is 3. The molecule has 0 radical (unpaired) electrons. The highest BCUT2D eigenvalue weighted by molar-refractivity contribution is 5.76. The van der Waals surface area contributed by atoms with Gasteiger partial charge in [0, 0.05) is 31.6 Å². The van der Waals surface area contributed by atoms with E-state index in [0.717, 1.165) is 38.8 Å². The van der Waals surface area contributed by atoms with Gasteiger partial charge < -0.3 is 9.64 Å². The number of carbonyl (C=O) groups excluding carboxylic acids is 1. The van der Waals surface area contributed by atoms with Gasteiger partial charge in [0.05, 0.1) is 6.61 Å². The lowest BCUT2D eigenvalue weighted by Gasteiger charge is -2.35. The fraction of sp³-hybridized carbons (Fsp3) is 0.933. The molecule has 0 bridgehead atoms. The average Bonchev–Trinajstić information content (AvgIpc) is 3.09. The van der Waals surface area contributed by atoms with Crippen LogP contribution in [0, 0.1) is 0 Å². The number of carbonyl (C=O) groups is 1. The smallest absolute Gasteiger partial charge is 0.371 e. The molecule has 1 amide bonds. The lowest BCUT2D eigenvalue weighted by molar-refractivity contribution is -0.174. The van der Waals surface area contributed by atoms with E-state index in [9.17, 15) is 18.0 Å². The molecule has 0 aromatic heterocycles. The van der Waals surface area contributed by atoms with Crippen molar-refractivity contribution in [2.45, 2.75) is 57.3 Å². The Bertz CT molecular complexity index is 376. The maximum absolute atomic E-state index is 12.1. The third-order valence-corrected chi connectivity index (χ3v) is 4.57. The van der Waals surface area contributed by atoms with Gasteiger partial charge >= 0.3 is 6.18 Å². The Morgan fingerprint density at radius 1 is 1.18 bits per heavy atom. The first-order valence-corrected chi connectivity index (χ1v) is 8.10. The molecule has 0 saturated carbocycles. The Balaban J connectivity index is 1.83. The number of rotatable bonds is 6. The van der Waals surface area contributed by atoms with Crippen molar-refractivity contribution in [2.24, 2.45) is 0 Å². The fourth-order valence-electron chi connectivity index (χ4n) is 3.64. The number of hydrogen-bond acceptors (Lipinski definition) is 3. The highest BCUT2D eigenvalue weighted by Gasteiger charge is 2.39. The molecule has 22 heavy (non-hydrogen) atoms. The number of hydrogen-bond donors (Lipinski definition) is 0. The summed E-state index contributed by atoms with van der Waals surface area (Å²) in [4.78, 5) is 16.2. The summed E-state index contributed by atoms with van der Waals surface area (Å²) in [5.74, 6) is 0.183. The van der Waals surface area contributed by atoms with Crippen LogP contribution in [0.4, 0.5) is 13.2 Å². The van der Waals surface area contributed by atoms with Gasteiger partial charge in [0.25, 0.3) is 0 Å². The van der Waals surface area contributed by atoms with Crippen molar-refractivity contribution >= 4 is 5.91 Å². The molecule has 2 fully saturated rings. The van der Waals surface area contributed by atoms with Crippen molar-refractivity contribution in [2.75, 3.05) is 32.8 Å². The Hall–Kier alpha value is -0.820. The zero-order valence-electron chi connectivity index (χ0n) is 13.1. The molecule has 7 heteroatoms. The lowest BCUT2D eigenvalue weighted by Crippen LogP contribution is -2.48. The molecule has 0 N–H and O–H groups in total. The molecule has 0 unspecified atom stereocenters. The zero-order valence-corrected chi connectivity index (χ0v) is 13.1. The van der Waals surface area contributed by atoms with Gasteiger partial charge in [-0.1, -0.05) is 6.92 Å². The van der Waals surface area contributed by atoms with Gasteiger partial charge in [-0.25, -0.2) is 0 Å². The van der Waals surface area contributed by atoms with Gasteiger partial charge in [0.1, 0.15) is 6.61 Å². The lowest BCUT2D eigenvalue weighted by atomic mass is 10.0. The van der Waals surface area contributed by atoms with Crippen molar-refractivity contribution < 1.29 is 22.7 Å². The quantitative estimate of drug-likeness (QED) is 0.704. The minimum Gasteiger partial charge on any atom is -0.371 e. The summed E-state index contributed by atoms with van der Waals surface area (Å²) in [7, 11) is 0. The Labute approximate surface area is 129 Å². The second kappa shape index (κ2) is 7.64. The summed E-state index contributed by atoms with van der Waals surface area (Å²) in [6.45, 7) is 2.97. The molecular weight excluding hydrogens is 297 g/mol. The fourth-order valence-corrected chi connectivity index (χ4v) is 3.64. The standard InChI is InChI=1S/C15H25F3N2O2/c1-2-14(21)20-8-4-6-13(20)12-5-3-7-19(12)9-10-22-11-15(16,17)18/h12-13H,2-11H2,1H3/t12-,13-/m0/s1. The van der Waals surface area contributed by atoms with Crippen LogP contribution in [0.2, 0.25) is 0 Å². The minimum atomic E-state index is -4.26. The molecular formula is C15H25F3N2O2. The van der Waals surface area contributed by atoms with E-state index in [0.29, 0.717) is 13.0 Å². The van der Waals surface area contributed by atoms with E-state index in [1.165, 1.54) is 0 Å². The number of likely N-dealkylation sites (tertiary alicyclic amines) is 2. The average molecular weight is 322 g/mol. The molecule has 2 rings (SSSR count). The van der Waals surface area contributed by atoms with Crippen LogP contribution in [0.25, 0.3) is 0 Å². The van der Waals surface area contributed by atoms with Crippen LogP contribution in [-0.2, 0) is 9.53 Å². The molecule has 2 atom stereocenters. The van der Waals surface area contributed by atoms with E-state index in [1.807, 2.05) is 11.8 Å². The molecule has 2 saturated heterocycles. The first-order chi connectivity index (χ1) is 10.4. The summed E-state index contributed by atoms with van der Waals surface area (Å²) >= 11 is 0. The maximum Gasteiger partial charge on any atom is 0.411 e. The number of halogens is 3. The first kappa shape index (κ1) is 17.5. The van der Waals surface area contributed by atoms with Crippen molar-refractivity contribution in [3.05, 3.63) is 0 Å². The van der Waals surface area contributed by atoms with E-state index in [-0.39, 0.29) is 24.6 Å². The summed E-state index contributed by atoms with van der Waals surface area (Å²) in [6, 6.07) is 0.491. The van der Waals surface area contributed by atoms with Crippen LogP contribution < -0.4 is 0 Å². The summed E-state index contributed by atoms with van der Waals surface area (Å²) < 4.78 is 40.9. The van der Waals surface area contributed by atoms with Gasteiger partial charge in [-0.05, 0) is 32.2 Å². The molecule has 2 heterocycles. The van der Waals surface area contributed by atoms with Crippen molar-refractivity contribution in [3.63, 3.8) is 0 Å². The monoisotopic (exact) mass is 322 g/mol. The van der Waals surface area contributed by atoms with Crippen molar-refractivity contribution in [1.29, 1.82) is 0 Å². The minimum absolute atomic E-state index is 0.0878. The normalized spacial score (nSPS) is 26.8. The highest BCUT2D eigenvalue weighted by Crippen LogP contribution is 2.30. The molecule has 0 aromatic rings. The Morgan fingerprint density at radius 2 is 1.86 bits per heavy atom. The topological polar surface area (TPSA) is 32.8 Å². The third-order valence-electron chi connectivity index (χ3n) is 4.57. The number of ether oxygens (including phenoxy) is 1. The van der Waals surface area contributed by atoms with Gasteiger partial charge in [0.15, 0.2) is 0 Å².